The van der Waals surface area contributed by atoms with Crippen molar-refractivity contribution in [2.24, 2.45) is 0 Å². The Morgan fingerprint density at radius 3 is 2.81 bits per heavy atom. The van der Waals surface area contributed by atoms with Gasteiger partial charge in [-0.05, 0) is 12.1 Å². The molecule has 5 heteroatoms. The summed E-state index contributed by atoms with van der Waals surface area (Å²) >= 11 is 0. The summed E-state index contributed by atoms with van der Waals surface area (Å²) in [7, 11) is 3.05. The first kappa shape index (κ1) is 12.3. The summed E-state index contributed by atoms with van der Waals surface area (Å²) in [4.78, 5) is 11.0. The highest BCUT2D eigenvalue weighted by atomic mass is 16.5. The Morgan fingerprint density at radius 1 is 1.50 bits per heavy atom. The molecule has 0 aliphatic heterocycles. The monoisotopic (exact) mass is 225 g/mol. The minimum absolute atomic E-state index is 0.0435. The van der Waals surface area contributed by atoms with Crippen LogP contribution in [0.4, 0.5) is 0 Å². The number of methoxy groups -OCH3 is 1. The normalized spacial score (nSPS) is 9.69. The number of carbonyl (C=O) groups is 1. The van der Waals surface area contributed by atoms with E-state index in [9.17, 15) is 4.79 Å². The van der Waals surface area contributed by atoms with Gasteiger partial charge in [0.15, 0.2) is 6.61 Å². The van der Waals surface area contributed by atoms with Crippen LogP contribution in [0.1, 0.15) is 5.56 Å². The summed E-state index contributed by atoms with van der Waals surface area (Å²) in [5.41, 5.74) is 0.676. The van der Waals surface area contributed by atoms with Crippen molar-refractivity contribution in [1.29, 1.82) is 0 Å². The maximum atomic E-state index is 11.0. The van der Waals surface area contributed by atoms with Crippen LogP contribution in [-0.2, 0) is 11.4 Å². The fourth-order valence-corrected chi connectivity index (χ4v) is 1.17. The van der Waals surface area contributed by atoms with Crippen molar-refractivity contribution in [3.63, 3.8) is 0 Å². The summed E-state index contributed by atoms with van der Waals surface area (Å²) in [5, 5.41) is 11.5. The first-order valence-electron chi connectivity index (χ1n) is 4.82. The van der Waals surface area contributed by atoms with Crippen LogP contribution in [0.5, 0.6) is 11.5 Å². The second kappa shape index (κ2) is 5.97. The van der Waals surface area contributed by atoms with Gasteiger partial charge in [0.25, 0.3) is 5.91 Å². The third kappa shape index (κ3) is 3.13. The van der Waals surface area contributed by atoms with Crippen molar-refractivity contribution < 1.29 is 19.4 Å². The fourth-order valence-electron chi connectivity index (χ4n) is 1.17. The van der Waals surface area contributed by atoms with Gasteiger partial charge in [-0.1, -0.05) is 0 Å². The van der Waals surface area contributed by atoms with Crippen molar-refractivity contribution in [3.8, 4) is 11.5 Å². The maximum Gasteiger partial charge on any atom is 0.257 e. The van der Waals surface area contributed by atoms with Crippen molar-refractivity contribution in [2.45, 2.75) is 6.61 Å². The number of benzene rings is 1. The molecule has 1 aromatic rings. The minimum Gasteiger partial charge on any atom is -0.496 e. The van der Waals surface area contributed by atoms with Crippen LogP contribution in [0.15, 0.2) is 18.2 Å². The van der Waals surface area contributed by atoms with E-state index in [-0.39, 0.29) is 19.1 Å². The molecule has 5 nitrogen and oxygen atoms in total. The summed E-state index contributed by atoms with van der Waals surface area (Å²) in [6, 6.07) is 5.00. The average molecular weight is 225 g/mol. The molecule has 0 unspecified atom stereocenters. The van der Waals surface area contributed by atoms with Crippen LogP contribution < -0.4 is 14.8 Å². The molecule has 0 spiro atoms. The van der Waals surface area contributed by atoms with Crippen molar-refractivity contribution in [2.75, 3.05) is 20.8 Å². The zero-order valence-electron chi connectivity index (χ0n) is 9.32. The van der Waals surface area contributed by atoms with E-state index in [1.165, 1.54) is 7.11 Å². The highest BCUT2D eigenvalue weighted by molar-refractivity contribution is 5.77. The summed E-state index contributed by atoms with van der Waals surface area (Å²) < 4.78 is 10.3. The van der Waals surface area contributed by atoms with E-state index in [4.69, 9.17) is 14.6 Å². The second-order valence-corrected chi connectivity index (χ2v) is 3.09. The molecule has 0 fully saturated rings. The maximum absolute atomic E-state index is 11.0. The van der Waals surface area contributed by atoms with Crippen LogP contribution in [0.2, 0.25) is 0 Å². The number of hydrogen-bond donors (Lipinski definition) is 2. The third-order valence-corrected chi connectivity index (χ3v) is 2.08. The molecular weight excluding hydrogens is 210 g/mol. The van der Waals surface area contributed by atoms with Gasteiger partial charge in [-0.3, -0.25) is 4.79 Å². The molecule has 16 heavy (non-hydrogen) atoms. The number of aliphatic hydroxyl groups is 1. The number of hydrogen-bond acceptors (Lipinski definition) is 4. The number of ether oxygens (including phenoxy) is 2. The van der Waals surface area contributed by atoms with Gasteiger partial charge in [-0.2, -0.15) is 0 Å². The predicted octanol–water partition coefficient (Wildman–Crippen LogP) is 0.312. The molecule has 0 aliphatic rings. The Hall–Kier alpha value is -1.75. The molecule has 0 bridgehead atoms. The third-order valence-electron chi connectivity index (χ3n) is 2.08. The van der Waals surface area contributed by atoms with Gasteiger partial charge in [0.1, 0.15) is 11.5 Å². The molecule has 0 saturated carbocycles. The molecule has 1 amide bonds. The van der Waals surface area contributed by atoms with Gasteiger partial charge in [0.2, 0.25) is 0 Å². The standard InChI is InChI=1S/C11H15NO4/c1-12-11(14)7-16-9-4-3-8(6-13)10(5-9)15-2/h3-5,13H,6-7H2,1-2H3,(H,12,14). The topological polar surface area (TPSA) is 67.8 Å². The van der Waals surface area contributed by atoms with Crippen LogP contribution in [0.25, 0.3) is 0 Å². The van der Waals surface area contributed by atoms with Gasteiger partial charge in [-0.15, -0.1) is 0 Å². The summed E-state index contributed by atoms with van der Waals surface area (Å²) in [6.07, 6.45) is 0. The van der Waals surface area contributed by atoms with Crippen molar-refractivity contribution in [3.05, 3.63) is 23.8 Å². The second-order valence-electron chi connectivity index (χ2n) is 3.09. The van der Waals surface area contributed by atoms with E-state index in [0.717, 1.165) is 0 Å². The number of amides is 1. The first-order chi connectivity index (χ1) is 7.71. The van der Waals surface area contributed by atoms with Crippen molar-refractivity contribution >= 4 is 5.91 Å². The molecule has 1 rings (SSSR count). The molecule has 0 aromatic heterocycles. The van der Waals surface area contributed by atoms with Gasteiger partial charge in [-0.25, -0.2) is 0 Å². The highest BCUT2D eigenvalue weighted by Crippen LogP contribution is 2.24. The highest BCUT2D eigenvalue weighted by Gasteiger charge is 2.05. The average Bonchev–Trinajstić information content (AvgIpc) is 2.35. The molecule has 0 saturated heterocycles. The van der Waals surface area contributed by atoms with Gasteiger partial charge < -0.3 is 19.9 Å². The molecule has 0 aliphatic carbocycles. The predicted molar refractivity (Wildman–Crippen MR) is 58.5 cm³/mol. The molecule has 1 aromatic carbocycles. The Balaban J connectivity index is 2.71. The Labute approximate surface area is 94.0 Å². The molecular formula is C11H15NO4. The first-order valence-corrected chi connectivity index (χ1v) is 4.82. The smallest absolute Gasteiger partial charge is 0.257 e. The summed E-state index contributed by atoms with van der Waals surface area (Å²) in [6.45, 7) is -0.142. The van der Waals surface area contributed by atoms with E-state index < -0.39 is 0 Å². The Morgan fingerprint density at radius 2 is 2.25 bits per heavy atom. The number of aliphatic hydroxyl groups excluding tert-OH is 1. The van der Waals surface area contributed by atoms with E-state index in [1.54, 1.807) is 25.2 Å². The van der Waals surface area contributed by atoms with Crippen LogP contribution in [0.3, 0.4) is 0 Å². The number of rotatable bonds is 5. The molecule has 88 valence electrons. The number of carbonyl (C=O) groups excluding carboxylic acids is 1. The SMILES string of the molecule is CNC(=O)COc1ccc(CO)c(OC)c1. The van der Waals surface area contributed by atoms with Gasteiger partial charge in [0.05, 0.1) is 13.7 Å². The van der Waals surface area contributed by atoms with Gasteiger partial charge in [0, 0.05) is 18.7 Å². The zero-order valence-corrected chi connectivity index (χ0v) is 9.32. The van der Waals surface area contributed by atoms with Gasteiger partial charge >= 0.3 is 0 Å². The quantitative estimate of drug-likeness (QED) is 0.757. The molecule has 0 radical (unpaired) electrons. The van der Waals surface area contributed by atoms with E-state index in [2.05, 4.69) is 5.32 Å². The van der Waals surface area contributed by atoms with Crippen molar-refractivity contribution in [1.82, 2.24) is 5.32 Å². The Bertz CT molecular complexity index is 365. The van der Waals surface area contributed by atoms with Crippen LogP contribution in [0, 0.1) is 0 Å². The zero-order chi connectivity index (χ0) is 12.0. The molecule has 2 N–H and O–H groups in total. The number of likely N-dealkylation sites (N-methyl/N-ethyl adjacent to an activating group) is 1. The lowest BCUT2D eigenvalue weighted by Crippen LogP contribution is -2.24. The van der Waals surface area contributed by atoms with Crippen LogP contribution in [-0.4, -0.2) is 31.8 Å². The molecule has 0 heterocycles. The lowest BCUT2D eigenvalue weighted by Gasteiger charge is -2.09. The fraction of sp³-hybridized carbons (Fsp3) is 0.364. The summed E-state index contributed by atoms with van der Waals surface area (Å²) in [5.74, 6) is 0.861. The minimum atomic E-state index is -0.204. The lowest BCUT2D eigenvalue weighted by molar-refractivity contribution is -0.122. The largest absolute Gasteiger partial charge is 0.496 e. The van der Waals surface area contributed by atoms with E-state index >= 15 is 0 Å². The molecule has 0 atom stereocenters. The Kier molecular flexibility index (Phi) is 4.60. The van der Waals surface area contributed by atoms with E-state index in [1.807, 2.05) is 0 Å². The number of nitrogens with one attached hydrogen (secondary N) is 1. The van der Waals surface area contributed by atoms with E-state index in [0.29, 0.717) is 17.1 Å². The van der Waals surface area contributed by atoms with Crippen LogP contribution >= 0.6 is 0 Å². The lowest BCUT2D eigenvalue weighted by atomic mass is 10.2.